The number of likely N-dealkylation sites (tertiary alicyclic amines) is 1. The maximum Gasteiger partial charge on any atom is 0.242 e. The van der Waals surface area contributed by atoms with E-state index in [4.69, 9.17) is 43.1 Å². The van der Waals surface area contributed by atoms with Crippen LogP contribution in [-0.2, 0) is 19.0 Å². The number of nitrogens with two attached hydrogens (primary N) is 1. The number of hydrazone groups is 1. The Hall–Kier alpha value is -1.46. The predicted molar refractivity (Wildman–Crippen MR) is 130 cm³/mol. The lowest BCUT2D eigenvalue weighted by Crippen LogP contribution is -2.52. The number of hydrogen-bond acceptors (Lipinski definition) is 8. The van der Waals surface area contributed by atoms with Crippen LogP contribution in [0.2, 0.25) is 10.0 Å². The highest BCUT2D eigenvalue weighted by Crippen LogP contribution is 2.28. The molecule has 1 saturated heterocycles. The Morgan fingerprint density at radius 1 is 1.15 bits per heavy atom. The summed E-state index contributed by atoms with van der Waals surface area (Å²) in [6.07, 6.45) is 2.18. The first kappa shape index (κ1) is 26.2. The van der Waals surface area contributed by atoms with Crippen molar-refractivity contribution in [3.8, 4) is 0 Å². The summed E-state index contributed by atoms with van der Waals surface area (Å²) in [6.45, 7) is 4.54. The van der Waals surface area contributed by atoms with Gasteiger partial charge in [0.25, 0.3) is 0 Å². The zero-order valence-electron chi connectivity index (χ0n) is 19.0. The molecular weight excluding hydrogens is 469 g/mol. The van der Waals surface area contributed by atoms with E-state index in [-0.39, 0.29) is 18.1 Å². The lowest BCUT2D eigenvalue weighted by molar-refractivity contribution is -0.128. The zero-order valence-corrected chi connectivity index (χ0v) is 20.5. The van der Waals surface area contributed by atoms with Crippen LogP contribution in [0.15, 0.2) is 23.3 Å². The number of piperidine rings is 1. The Morgan fingerprint density at radius 2 is 1.91 bits per heavy atom. The molecule has 0 aromatic heterocycles. The SMILES string of the molecule is CN1CC[C@@H](OCCOCCOCCN)C[C@H]1C(=O)NC1=NN(c2ccc(Cl)c(Cl)c2)CC1. The van der Waals surface area contributed by atoms with Crippen molar-refractivity contribution in [3.05, 3.63) is 28.2 Å². The lowest BCUT2D eigenvalue weighted by Gasteiger charge is -2.35. The average molecular weight is 502 g/mol. The number of nitrogens with zero attached hydrogens (tertiary/aromatic N) is 3. The van der Waals surface area contributed by atoms with Crippen molar-refractivity contribution in [1.82, 2.24) is 10.2 Å². The number of amides is 1. The maximum absolute atomic E-state index is 13.0. The second-order valence-electron chi connectivity index (χ2n) is 8.03. The first-order valence-corrected chi connectivity index (χ1v) is 12.0. The first-order chi connectivity index (χ1) is 16.0. The molecule has 2 aliphatic rings. The molecule has 1 fully saturated rings. The van der Waals surface area contributed by atoms with Gasteiger partial charge in [-0.3, -0.25) is 14.7 Å². The van der Waals surface area contributed by atoms with Crippen molar-refractivity contribution in [2.24, 2.45) is 10.8 Å². The number of carbonyl (C=O) groups excluding carboxylic acids is 1. The number of anilines is 1. The highest BCUT2D eigenvalue weighted by atomic mass is 35.5. The molecule has 2 atom stereocenters. The molecule has 2 heterocycles. The van der Waals surface area contributed by atoms with E-state index in [2.05, 4.69) is 15.3 Å². The molecule has 9 nitrogen and oxygen atoms in total. The first-order valence-electron chi connectivity index (χ1n) is 11.3. The third-order valence-corrected chi connectivity index (χ3v) is 6.35. The molecule has 2 aliphatic heterocycles. The second-order valence-corrected chi connectivity index (χ2v) is 8.85. The smallest absolute Gasteiger partial charge is 0.242 e. The van der Waals surface area contributed by atoms with Gasteiger partial charge in [-0.2, -0.15) is 5.10 Å². The van der Waals surface area contributed by atoms with Crippen LogP contribution in [0.4, 0.5) is 5.69 Å². The van der Waals surface area contributed by atoms with Gasteiger partial charge in [0.05, 0.1) is 60.9 Å². The fourth-order valence-corrected chi connectivity index (χ4v) is 4.08. The third-order valence-electron chi connectivity index (χ3n) is 5.61. The summed E-state index contributed by atoms with van der Waals surface area (Å²) in [5.41, 5.74) is 6.20. The molecule has 1 aromatic carbocycles. The van der Waals surface area contributed by atoms with Crippen LogP contribution >= 0.6 is 23.2 Å². The summed E-state index contributed by atoms with van der Waals surface area (Å²) < 4.78 is 16.7. The van der Waals surface area contributed by atoms with E-state index < -0.39 is 0 Å². The number of halogens is 2. The van der Waals surface area contributed by atoms with Crippen LogP contribution in [0.5, 0.6) is 0 Å². The minimum atomic E-state index is -0.268. The summed E-state index contributed by atoms with van der Waals surface area (Å²) in [5, 5.41) is 10.3. The minimum absolute atomic E-state index is 0.0206. The summed E-state index contributed by atoms with van der Waals surface area (Å²) in [5.74, 6) is 0.585. The lowest BCUT2D eigenvalue weighted by atomic mass is 9.99. The molecule has 1 aromatic rings. The molecule has 11 heteroatoms. The Labute approximate surface area is 205 Å². The average Bonchev–Trinajstić information content (AvgIpc) is 3.26. The summed E-state index contributed by atoms with van der Waals surface area (Å²) in [7, 11) is 1.96. The molecule has 0 spiro atoms. The number of amidine groups is 1. The topological polar surface area (TPSA) is 102 Å². The molecule has 0 bridgehead atoms. The fourth-order valence-electron chi connectivity index (χ4n) is 3.79. The van der Waals surface area contributed by atoms with Crippen LogP contribution in [0, 0.1) is 0 Å². The minimum Gasteiger partial charge on any atom is -0.378 e. The van der Waals surface area contributed by atoms with Crippen molar-refractivity contribution in [1.29, 1.82) is 0 Å². The fraction of sp³-hybridized carbons (Fsp3) is 0.636. The Bertz CT molecular complexity index is 813. The van der Waals surface area contributed by atoms with Crippen molar-refractivity contribution in [2.45, 2.75) is 31.4 Å². The number of benzene rings is 1. The van der Waals surface area contributed by atoms with Gasteiger partial charge in [-0.1, -0.05) is 23.2 Å². The van der Waals surface area contributed by atoms with E-state index in [1.54, 1.807) is 12.1 Å². The maximum atomic E-state index is 13.0. The largest absolute Gasteiger partial charge is 0.378 e. The second kappa shape index (κ2) is 13.4. The van der Waals surface area contributed by atoms with E-state index in [9.17, 15) is 4.79 Å². The molecule has 184 valence electrons. The molecule has 3 rings (SSSR count). The van der Waals surface area contributed by atoms with Crippen LogP contribution in [0.3, 0.4) is 0 Å². The number of nitrogens with one attached hydrogen (secondary N) is 1. The Kier molecular flexibility index (Phi) is 10.6. The van der Waals surface area contributed by atoms with Gasteiger partial charge < -0.3 is 25.3 Å². The van der Waals surface area contributed by atoms with Crippen LogP contribution in [0.1, 0.15) is 19.3 Å². The Morgan fingerprint density at radius 3 is 2.67 bits per heavy atom. The van der Waals surface area contributed by atoms with E-state index in [1.165, 1.54) is 0 Å². The van der Waals surface area contributed by atoms with E-state index in [0.29, 0.717) is 74.8 Å². The Balaban J connectivity index is 1.42. The van der Waals surface area contributed by atoms with E-state index in [1.807, 2.05) is 18.1 Å². The van der Waals surface area contributed by atoms with E-state index >= 15 is 0 Å². The summed E-state index contributed by atoms with van der Waals surface area (Å²) in [6, 6.07) is 5.10. The highest BCUT2D eigenvalue weighted by molar-refractivity contribution is 6.42. The molecule has 3 N–H and O–H groups in total. The van der Waals surface area contributed by atoms with Crippen molar-refractivity contribution < 1.29 is 19.0 Å². The van der Waals surface area contributed by atoms with Gasteiger partial charge in [0, 0.05) is 26.1 Å². The summed E-state index contributed by atoms with van der Waals surface area (Å²) in [4.78, 5) is 15.0. The van der Waals surface area contributed by atoms with Crippen molar-refractivity contribution in [3.63, 3.8) is 0 Å². The monoisotopic (exact) mass is 501 g/mol. The van der Waals surface area contributed by atoms with Crippen molar-refractivity contribution in [2.75, 3.05) is 64.7 Å². The van der Waals surface area contributed by atoms with Gasteiger partial charge in [0.1, 0.15) is 5.84 Å². The summed E-state index contributed by atoms with van der Waals surface area (Å²) >= 11 is 12.1. The molecule has 33 heavy (non-hydrogen) atoms. The highest BCUT2D eigenvalue weighted by Gasteiger charge is 2.33. The predicted octanol–water partition coefficient (Wildman–Crippen LogP) is 2.10. The number of carbonyl (C=O) groups is 1. The van der Waals surface area contributed by atoms with Gasteiger partial charge >= 0.3 is 0 Å². The standard InChI is InChI=1S/C22H33Cl2N5O4/c1-28-7-4-17(33-13-12-32-11-10-31-9-6-25)15-20(28)22(30)26-21-5-8-29(27-21)16-2-3-18(23)19(24)14-16/h2-3,14,17,20H,4-13,15,25H2,1H3,(H,26,27,30)/t17-,20+/m1/s1. The molecule has 0 unspecified atom stereocenters. The van der Waals surface area contributed by atoms with Gasteiger partial charge in [-0.25, -0.2) is 0 Å². The molecule has 1 amide bonds. The van der Waals surface area contributed by atoms with Crippen LogP contribution in [-0.4, -0.2) is 88.5 Å². The number of likely N-dealkylation sites (N-methyl/N-ethyl adjacent to an activating group) is 1. The zero-order chi connectivity index (χ0) is 23.6. The van der Waals surface area contributed by atoms with Gasteiger partial charge in [0.2, 0.25) is 5.91 Å². The number of hydrogen-bond donors (Lipinski definition) is 2. The van der Waals surface area contributed by atoms with E-state index in [0.717, 1.165) is 18.7 Å². The molecule has 0 aliphatic carbocycles. The number of ether oxygens (including phenoxy) is 3. The van der Waals surface area contributed by atoms with Crippen molar-refractivity contribution >= 4 is 40.6 Å². The molecule has 0 saturated carbocycles. The molecular formula is C22H33Cl2N5O4. The normalized spacial score (nSPS) is 21.3. The quantitative estimate of drug-likeness (QED) is 0.447. The third kappa shape index (κ3) is 8.06. The molecule has 0 radical (unpaired) electrons. The van der Waals surface area contributed by atoms with Crippen LogP contribution in [0.25, 0.3) is 0 Å². The number of rotatable bonds is 11. The van der Waals surface area contributed by atoms with Crippen LogP contribution < -0.4 is 16.1 Å². The van der Waals surface area contributed by atoms with Gasteiger partial charge in [-0.15, -0.1) is 0 Å². The van der Waals surface area contributed by atoms with Gasteiger partial charge in [-0.05, 0) is 38.1 Å². The van der Waals surface area contributed by atoms with Gasteiger partial charge in [0.15, 0.2) is 0 Å².